The number of fused-ring (bicyclic) bond motifs is 2. The van der Waals surface area contributed by atoms with Gasteiger partial charge in [-0.25, -0.2) is 9.97 Å². The van der Waals surface area contributed by atoms with Gasteiger partial charge in [-0.05, 0) is 36.9 Å². The highest BCUT2D eigenvalue weighted by atomic mass is 16.4. The predicted octanol–water partition coefficient (Wildman–Crippen LogP) is 1.71. The molecule has 0 bridgehead atoms. The Labute approximate surface area is 203 Å². The monoisotopic (exact) mass is 470 g/mol. The van der Waals surface area contributed by atoms with Crippen molar-refractivity contribution in [3.8, 4) is 11.4 Å². The summed E-state index contributed by atoms with van der Waals surface area (Å²) < 4.78 is 0. The van der Waals surface area contributed by atoms with Gasteiger partial charge in [0.2, 0.25) is 0 Å². The van der Waals surface area contributed by atoms with Gasteiger partial charge in [-0.3, -0.25) is 4.79 Å². The topological polar surface area (TPSA) is 140 Å². The van der Waals surface area contributed by atoms with E-state index in [1.807, 2.05) is 32.2 Å². The number of hydrogen-bond acceptors (Lipinski definition) is 7. The van der Waals surface area contributed by atoms with E-state index < -0.39 is 13.0 Å². The molecule has 0 radical (unpaired) electrons. The quantitative estimate of drug-likeness (QED) is 0.270. The maximum absolute atomic E-state index is 12.0. The molecule has 0 spiro atoms. The number of aromatic amines is 1. The van der Waals surface area contributed by atoms with Crippen LogP contribution in [-0.4, -0.2) is 51.6 Å². The van der Waals surface area contributed by atoms with E-state index in [2.05, 4.69) is 15.2 Å². The van der Waals surface area contributed by atoms with E-state index in [0.29, 0.717) is 34.7 Å². The van der Waals surface area contributed by atoms with Crippen molar-refractivity contribution in [1.29, 1.82) is 0 Å². The van der Waals surface area contributed by atoms with E-state index in [9.17, 15) is 14.8 Å². The van der Waals surface area contributed by atoms with Gasteiger partial charge in [-0.1, -0.05) is 36.4 Å². The summed E-state index contributed by atoms with van der Waals surface area (Å²) in [4.78, 5) is 27.3. The van der Waals surface area contributed by atoms with Crippen LogP contribution in [0, 0.1) is 6.92 Å². The fourth-order valence-corrected chi connectivity index (χ4v) is 4.80. The summed E-state index contributed by atoms with van der Waals surface area (Å²) in [5.74, 6) is 0.794. The molecule has 2 aromatic heterocycles. The first-order valence-corrected chi connectivity index (χ1v) is 11.6. The molecular formula is C25H27BN6O3. The van der Waals surface area contributed by atoms with Crippen molar-refractivity contribution < 1.29 is 14.8 Å². The summed E-state index contributed by atoms with van der Waals surface area (Å²) in [6.45, 7) is 3.30. The highest BCUT2D eigenvalue weighted by molar-refractivity contribution is 6.58. The largest absolute Gasteiger partial charge is 0.488 e. The van der Waals surface area contributed by atoms with Crippen LogP contribution in [0.15, 0.2) is 42.5 Å². The van der Waals surface area contributed by atoms with Gasteiger partial charge in [0.05, 0.1) is 16.8 Å². The molecule has 0 saturated carbocycles. The SMILES string of the molecule is Cc1[nH]c2c(C(N)=O)cccc2c1-c1nc2c(c(NCc3cccc(B(O)O)c3)n1)N(C)CCC2. The number of nitrogens with one attached hydrogen (secondary N) is 2. The zero-order valence-electron chi connectivity index (χ0n) is 19.7. The van der Waals surface area contributed by atoms with Gasteiger partial charge < -0.3 is 31.0 Å². The summed E-state index contributed by atoms with van der Waals surface area (Å²) >= 11 is 0. The Morgan fingerprint density at radius 3 is 2.80 bits per heavy atom. The number of benzene rings is 2. The van der Waals surface area contributed by atoms with Crippen LogP contribution in [0.5, 0.6) is 0 Å². The summed E-state index contributed by atoms with van der Waals surface area (Å²) in [7, 11) is 0.514. The number of aryl methyl sites for hydroxylation is 2. The second kappa shape index (κ2) is 9.05. The van der Waals surface area contributed by atoms with Crippen LogP contribution in [0.25, 0.3) is 22.3 Å². The number of nitrogens with two attached hydrogens (primary N) is 1. The summed E-state index contributed by atoms with van der Waals surface area (Å²) in [6.07, 6.45) is 1.83. The van der Waals surface area contributed by atoms with E-state index in [1.165, 1.54) is 0 Å². The molecule has 10 heteroatoms. The molecule has 0 saturated heterocycles. The van der Waals surface area contributed by atoms with Crippen LogP contribution in [0.4, 0.5) is 11.5 Å². The molecule has 1 aliphatic heterocycles. The van der Waals surface area contributed by atoms with E-state index >= 15 is 0 Å². The molecule has 5 rings (SSSR count). The molecule has 0 fully saturated rings. The van der Waals surface area contributed by atoms with Gasteiger partial charge in [-0.15, -0.1) is 0 Å². The highest BCUT2D eigenvalue weighted by Gasteiger charge is 2.25. The summed E-state index contributed by atoms with van der Waals surface area (Å²) in [5.41, 5.74) is 11.7. The molecule has 3 heterocycles. The normalized spacial score (nSPS) is 13.1. The minimum atomic E-state index is -1.52. The third-order valence-electron chi connectivity index (χ3n) is 6.46. The van der Waals surface area contributed by atoms with Gasteiger partial charge in [0, 0.05) is 36.8 Å². The lowest BCUT2D eigenvalue weighted by molar-refractivity contribution is 0.100. The van der Waals surface area contributed by atoms with Crippen molar-refractivity contribution in [2.24, 2.45) is 5.73 Å². The fraction of sp³-hybridized carbons (Fsp3) is 0.240. The summed E-state index contributed by atoms with van der Waals surface area (Å²) in [5, 5.41) is 23.3. The average molecular weight is 470 g/mol. The van der Waals surface area contributed by atoms with E-state index in [1.54, 1.807) is 24.3 Å². The molecule has 9 nitrogen and oxygen atoms in total. The van der Waals surface area contributed by atoms with Crippen LogP contribution in [0.2, 0.25) is 0 Å². The number of carbonyl (C=O) groups is 1. The Morgan fingerprint density at radius 2 is 2.03 bits per heavy atom. The minimum Gasteiger partial charge on any atom is -0.423 e. The number of hydrogen-bond donors (Lipinski definition) is 5. The lowest BCUT2D eigenvalue weighted by Crippen LogP contribution is -2.30. The van der Waals surface area contributed by atoms with Crippen LogP contribution in [0.3, 0.4) is 0 Å². The van der Waals surface area contributed by atoms with Crippen molar-refractivity contribution in [3.05, 3.63) is 65.0 Å². The molecule has 0 atom stereocenters. The maximum atomic E-state index is 12.0. The minimum absolute atomic E-state index is 0.429. The van der Waals surface area contributed by atoms with Crippen LogP contribution >= 0.6 is 0 Å². The highest BCUT2D eigenvalue weighted by Crippen LogP contribution is 2.37. The first kappa shape index (κ1) is 22.9. The Balaban J connectivity index is 1.60. The molecule has 0 unspecified atom stereocenters. The van der Waals surface area contributed by atoms with E-state index in [0.717, 1.165) is 53.0 Å². The Hall–Kier alpha value is -3.89. The Bertz CT molecular complexity index is 1430. The molecule has 178 valence electrons. The van der Waals surface area contributed by atoms with E-state index in [-0.39, 0.29) is 0 Å². The second-order valence-corrected chi connectivity index (χ2v) is 8.91. The Morgan fingerprint density at radius 1 is 1.23 bits per heavy atom. The number of carbonyl (C=O) groups excluding carboxylic acids is 1. The number of para-hydroxylation sites is 1. The second-order valence-electron chi connectivity index (χ2n) is 8.91. The van der Waals surface area contributed by atoms with Crippen LogP contribution in [0.1, 0.15) is 33.7 Å². The number of anilines is 2. The van der Waals surface area contributed by atoms with Crippen molar-refractivity contribution in [3.63, 3.8) is 0 Å². The smallest absolute Gasteiger partial charge is 0.423 e. The molecule has 6 N–H and O–H groups in total. The molecule has 1 aliphatic rings. The van der Waals surface area contributed by atoms with Gasteiger partial charge in [0.15, 0.2) is 11.6 Å². The van der Waals surface area contributed by atoms with Crippen molar-refractivity contribution >= 4 is 40.9 Å². The van der Waals surface area contributed by atoms with Crippen LogP contribution in [-0.2, 0) is 13.0 Å². The number of aromatic nitrogens is 3. The fourth-order valence-electron chi connectivity index (χ4n) is 4.80. The average Bonchev–Trinajstić information content (AvgIpc) is 3.18. The van der Waals surface area contributed by atoms with E-state index in [4.69, 9.17) is 15.7 Å². The molecule has 4 aromatic rings. The number of rotatable bonds is 6. The van der Waals surface area contributed by atoms with Crippen molar-refractivity contribution in [1.82, 2.24) is 15.0 Å². The van der Waals surface area contributed by atoms with Crippen molar-refractivity contribution in [2.75, 3.05) is 23.8 Å². The molecule has 0 aliphatic carbocycles. The number of H-pyrrole nitrogens is 1. The van der Waals surface area contributed by atoms with Gasteiger partial charge in [-0.2, -0.15) is 0 Å². The third kappa shape index (κ3) is 4.22. The molecule has 2 aromatic carbocycles. The zero-order valence-corrected chi connectivity index (χ0v) is 19.7. The number of nitrogens with zero attached hydrogens (tertiary/aromatic N) is 3. The number of primary amides is 1. The molecule has 35 heavy (non-hydrogen) atoms. The van der Waals surface area contributed by atoms with Gasteiger partial charge in [0.25, 0.3) is 5.91 Å². The Kier molecular flexibility index (Phi) is 5.92. The summed E-state index contributed by atoms with van der Waals surface area (Å²) in [6, 6.07) is 12.6. The zero-order chi connectivity index (χ0) is 24.7. The molecule has 1 amide bonds. The molecular weight excluding hydrogens is 443 g/mol. The van der Waals surface area contributed by atoms with Gasteiger partial charge in [0.1, 0.15) is 5.69 Å². The number of amides is 1. The lowest BCUT2D eigenvalue weighted by Gasteiger charge is -2.29. The van der Waals surface area contributed by atoms with Crippen LogP contribution < -0.4 is 21.4 Å². The first-order valence-electron chi connectivity index (χ1n) is 11.6. The maximum Gasteiger partial charge on any atom is 0.488 e. The lowest BCUT2D eigenvalue weighted by atomic mass is 9.79. The predicted molar refractivity (Wildman–Crippen MR) is 138 cm³/mol. The van der Waals surface area contributed by atoms with Crippen molar-refractivity contribution in [2.45, 2.75) is 26.3 Å². The third-order valence-corrected chi connectivity index (χ3v) is 6.46. The first-order chi connectivity index (χ1) is 16.8. The van der Waals surface area contributed by atoms with Gasteiger partial charge >= 0.3 is 7.12 Å². The standard InChI is InChI=1S/C25H27BN6O3/c1-14-20(17-8-4-9-18(23(27)33)21(17)29-14)24-30-19-10-5-11-32(2)22(19)25(31-24)28-13-15-6-3-7-16(12-15)26(34)35/h3-4,6-9,12,29,34-35H,5,10-11,13H2,1-2H3,(H2,27,33)(H,28,30,31).